The van der Waals surface area contributed by atoms with Crippen LogP contribution in [0.1, 0.15) is 5.56 Å². The van der Waals surface area contributed by atoms with Crippen LogP contribution in [0.25, 0.3) is 56.0 Å². The van der Waals surface area contributed by atoms with Gasteiger partial charge in [0.1, 0.15) is 0 Å². The molecule has 0 amide bonds. The van der Waals surface area contributed by atoms with Crippen molar-refractivity contribution in [3.8, 4) is 34.2 Å². The smallest absolute Gasteiger partial charge is 0.168 e. The Morgan fingerprint density at radius 2 is 0.900 bits per heavy atom. The van der Waals surface area contributed by atoms with Crippen molar-refractivity contribution in [3.63, 3.8) is 0 Å². The SMILES string of the molecule is Cc1cccc(N(c2ccc(-c3nnc(-c4ccccc4)n3-c3ccccc3)cc2)c2ccc(-n3c4ccccc4c4ccccc43)cc2)c1. The van der Waals surface area contributed by atoms with Crippen LogP contribution in [0.5, 0.6) is 0 Å². The van der Waals surface area contributed by atoms with E-state index in [0.717, 1.165) is 51.2 Å². The molecule has 0 bridgehead atoms. The van der Waals surface area contributed by atoms with Crippen molar-refractivity contribution in [3.05, 3.63) is 188 Å². The number of para-hydroxylation sites is 3. The van der Waals surface area contributed by atoms with Gasteiger partial charge >= 0.3 is 0 Å². The molecule has 5 heteroatoms. The Hall–Kier alpha value is -6.72. The molecule has 5 nitrogen and oxygen atoms in total. The molecule has 0 saturated heterocycles. The number of fused-ring (bicyclic) bond motifs is 3. The van der Waals surface area contributed by atoms with Gasteiger partial charge in [0, 0.05) is 50.3 Å². The molecule has 9 rings (SSSR count). The van der Waals surface area contributed by atoms with Gasteiger partial charge in [0.2, 0.25) is 0 Å². The Bertz CT molecular complexity index is 2530. The summed E-state index contributed by atoms with van der Waals surface area (Å²) in [5.74, 6) is 1.60. The second kappa shape index (κ2) is 12.4. The zero-order valence-corrected chi connectivity index (χ0v) is 27.6. The first-order chi connectivity index (χ1) is 24.7. The van der Waals surface area contributed by atoms with Crippen molar-refractivity contribution in [2.24, 2.45) is 0 Å². The van der Waals surface area contributed by atoms with E-state index in [1.165, 1.54) is 27.4 Å². The van der Waals surface area contributed by atoms with Crippen LogP contribution in [0.4, 0.5) is 17.1 Å². The lowest BCUT2D eigenvalue weighted by atomic mass is 10.1. The Kier molecular flexibility index (Phi) is 7.29. The molecular formula is C45H33N5. The van der Waals surface area contributed by atoms with E-state index in [2.05, 4.69) is 172 Å². The van der Waals surface area contributed by atoms with Crippen LogP contribution in [-0.2, 0) is 0 Å². The Balaban J connectivity index is 1.13. The van der Waals surface area contributed by atoms with Crippen LogP contribution in [0.15, 0.2) is 182 Å². The van der Waals surface area contributed by atoms with Gasteiger partial charge in [0.05, 0.1) is 11.0 Å². The second-order valence-electron chi connectivity index (χ2n) is 12.5. The Labute approximate surface area is 291 Å². The monoisotopic (exact) mass is 643 g/mol. The summed E-state index contributed by atoms with van der Waals surface area (Å²) in [7, 11) is 0. The molecule has 238 valence electrons. The molecule has 2 aromatic heterocycles. The number of hydrogen-bond donors (Lipinski definition) is 0. The summed E-state index contributed by atoms with van der Waals surface area (Å²) in [6.45, 7) is 2.14. The number of nitrogens with zero attached hydrogens (tertiary/aromatic N) is 5. The fourth-order valence-corrected chi connectivity index (χ4v) is 6.99. The minimum atomic E-state index is 0.791. The van der Waals surface area contributed by atoms with Gasteiger partial charge in [-0.15, -0.1) is 10.2 Å². The average Bonchev–Trinajstić information content (AvgIpc) is 3.77. The fraction of sp³-hybridized carbons (Fsp3) is 0.0222. The third kappa shape index (κ3) is 5.13. The number of benzene rings is 7. The van der Waals surface area contributed by atoms with Crippen molar-refractivity contribution in [1.29, 1.82) is 0 Å². The quantitative estimate of drug-likeness (QED) is 0.173. The van der Waals surface area contributed by atoms with Gasteiger partial charge in [-0.1, -0.05) is 97.1 Å². The van der Waals surface area contributed by atoms with Gasteiger partial charge in [-0.3, -0.25) is 4.57 Å². The molecule has 7 aromatic carbocycles. The van der Waals surface area contributed by atoms with Crippen molar-refractivity contribution in [2.45, 2.75) is 6.92 Å². The third-order valence-electron chi connectivity index (χ3n) is 9.30. The third-order valence-corrected chi connectivity index (χ3v) is 9.30. The molecule has 0 radical (unpaired) electrons. The van der Waals surface area contributed by atoms with E-state index in [4.69, 9.17) is 5.10 Å². The van der Waals surface area contributed by atoms with Crippen LogP contribution in [-0.4, -0.2) is 19.3 Å². The zero-order valence-electron chi connectivity index (χ0n) is 27.6. The highest BCUT2D eigenvalue weighted by Crippen LogP contribution is 2.38. The molecule has 0 unspecified atom stereocenters. The predicted octanol–water partition coefficient (Wildman–Crippen LogP) is 11.5. The standard InChI is InChI=1S/C45H33N5/c1-32-13-12-18-39(31-32)48(37-27-29-38(30-28-37)49-42-21-10-8-19-40(42)41-20-9-11-22-43(41)49)36-25-23-34(24-26-36)45-47-46-44(33-14-4-2-5-15-33)50(45)35-16-6-3-7-17-35/h2-31H,1H3. The van der Waals surface area contributed by atoms with E-state index in [1.807, 2.05) is 36.4 Å². The molecule has 0 atom stereocenters. The minimum Gasteiger partial charge on any atom is -0.310 e. The fourth-order valence-electron chi connectivity index (χ4n) is 6.99. The Morgan fingerprint density at radius 3 is 1.50 bits per heavy atom. The van der Waals surface area contributed by atoms with Gasteiger partial charge in [-0.2, -0.15) is 0 Å². The molecule has 0 aliphatic heterocycles. The highest BCUT2D eigenvalue weighted by molar-refractivity contribution is 6.09. The lowest BCUT2D eigenvalue weighted by molar-refractivity contribution is 1.07. The van der Waals surface area contributed by atoms with Gasteiger partial charge in [-0.25, -0.2) is 0 Å². The van der Waals surface area contributed by atoms with Gasteiger partial charge in [0.15, 0.2) is 11.6 Å². The molecule has 0 aliphatic carbocycles. The number of rotatable bonds is 7. The minimum absolute atomic E-state index is 0.791. The lowest BCUT2D eigenvalue weighted by Gasteiger charge is -2.26. The van der Waals surface area contributed by atoms with Crippen molar-refractivity contribution in [2.75, 3.05) is 4.90 Å². The van der Waals surface area contributed by atoms with Crippen molar-refractivity contribution in [1.82, 2.24) is 19.3 Å². The maximum Gasteiger partial charge on any atom is 0.168 e. The molecule has 0 spiro atoms. The summed E-state index contributed by atoms with van der Waals surface area (Å²) in [5.41, 5.74) is 11.0. The second-order valence-corrected chi connectivity index (χ2v) is 12.5. The maximum atomic E-state index is 4.72. The normalized spacial score (nSPS) is 11.3. The zero-order chi connectivity index (χ0) is 33.4. The highest BCUT2D eigenvalue weighted by Gasteiger charge is 2.19. The first kappa shape index (κ1) is 29.4. The lowest BCUT2D eigenvalue weighted by Crippen LogP contribution is -2.10. The van der Waals surface area contributed by atoms with E-state index >= 15 is 0 Å². The molecule has 50 heavy (non-hydrogen) atoms. The average molecular weight is 644 g/mol. The van der Waals surface area contributed by atoms with E-state index in [-0.39, 0.29) is 0 Å². The van der Waals surface area contributed by atoms with Crippen molar-refractivity contribution >= 4 is 38.9 Å². The predicted molar refractivity (Wildman–Crippen MR) is 206 cm³/mol. The van der Waals surface area contributed by atoms with Crippen LogP contribution < -0.4 is 4.90 Å². The summed E-state index contributed by atoms with van der Waals surface area (Å²) in [5, 5.41) is 11.9. The van der Waals surface area contributed by atoms with E-state index in [1.54, 1.807) is 0 Å². The summed E-state index contributed by atoms with van der Waals surface area (Å²) < 4.78 is 4.49. The summed E-state index contributed by atoms with van der Waals surface area (Å²) in [6.07, 6.45) is 0. The van der Waals surface area contributed by atoms with Gasteiger partial charge < -0.3 is 9.47 Å². The summed E-state index contributed by atoms with van der Waals surface area (Å²) >= 11 is 0. The topological polar surface area (TPSA) is 38.9 Å². The van der Waals surface area contributed by atoms with Gasteiger partial charge in [0.25, 0.3) is 0 Å². The van der Waals surface area contributed by atoms with Crippen LogP contribution >= 0.6 is 0 Å². The number of aromatic nitrogens is 4. The molecule has 0 fully saturated rings. The van der Waals surface area contributed by atoms with Crippen molar-refractivity contribution < 1.29 is 0 Å². The molecule has 0 aliphatic rings. The number of anilines is 3. The largest absolute Gasteiger partial charge is 0.310 e. The first-order valence-corrected chi connectivity index (χ1v) is 16.8. The van der Waals surface area contributed by atoms with Crippen LogP contribution in [0, 0.1) is 6.92 Å². The first-order valence-electron chi connectivity index (χ1n) is 16.8. The van der Waals surface area contributed by atoms with E-state index in [9.17, 15) is 0 Å². The molecule has 9 aromatic rings. The summed E-state index contributed by atoms with van der Waals surface area (Å²) in [6, 6.07) is 63.9. The summed E-state index contributed by atoms with van der Waals surface area (Å²) in [4.78, 5) is 2.31. The van der Waals surface area contributed by atoms with E-state index < -0.39 is 0 Å². The van der Waals surface area contributed by atoms with Crippen LogP contribution in [0.2, 0.25) is 0 Å². The molecule has 0 N–H and O–H groups in total. The number of aryl methyl sites for hydroxylation is 1. The highest BCUT2D eigenvalue weighted by atomic mass is 15.3. The Morgan fingerprint density at radius 1 is 0.400 bits per heavy atom. The molecular weight excluding hydrogens is 611 g/mol. The van der Waals surface area contributed by atoms with E-state index in [0.29, 0.717) is 0 Å². The maximum absolute atomic E-state index is 4.72. The van der Waals surface area contributed by atoms with Crippen LogP contribution in [0.3, 0.4) is 0 Å². The van der Waals surface area contributed by atoms with Gasteiger partial charge in [-0.05, 0) is 97.4 Å². The molecule has 2 heterocycles. The number of hydrogen-bond acceptors (Lipinski definition) is 3. The molecule has 0 saturated carbocycles.